The fourth-order valence-corrected chi connectivity index (χ4v) is 3.80. The van der Waals surface area contributed by atoms with Crippen LogP contribution in [-0.4, -0.2) is 41.6 Å². The van der Waals surface area contributed by atoms with Gasteiger partial charge in [-0.3, -0.25) is 4.79 Å². The van der Waals surface area contributed by atoms with E-state index >= 15 is 0 Å². The van der Waals surface area contributed by atoms with E-state index in [1.54, 1.807) is 18.2 Å². The van der Waals surface area contributed by atoms with Gasteiger partial charge in [0.25, 0.3) is 0 Å². The van der Waals surface area contributed by atoms with E-state index in [0.717, 1.165) is 24.7 Å². The highest BCUT2D eigenvalue weighted by Gasteiger charge is 2.29. The van der Waals surface area contributed by atoms with Crippen molar-refractivity contribution < 1.29 is 9.90 Å². The number of phenols is 1. The number of aromatic hydroxyl groups is 1. The molecule has 1 saturated carbocycles. The summed E-state index contributed by atoms with van der Waals surface area (Å²) in [5, 5.41) is 12.5. The van der Waals surface area contributed by atoms with E-state index in [9.17, 15) is 9.90 Å². The quantitative estimate of drug-likeness (QED) is 0.877. The van der Waals surface area contributed by atoms with E-state index < -0.39 is 0 Å². The third-order valence-corrected chi connectivity index (χ3v) is 5.02. The summed E-state index contributed by atoms with van der Waals surface area (Å²) in [7, 11) is 0. The third kappa shape index (κ3) is 4.01. The Labute approximate surface area is 132 Å². The van der Waals surface area contributed by atoms with E-state index in [1.807, 2.05) is 6.07 Å². The Bertz CT molecular complexity index is 512. The Morgan fingerprint density at radius 3 is 2.86 bits per heavy atom. The Hall–Kier alpha value is -1.55. The molecule has 0 spiro atoms. The number of amides is 1. The molecule has 2 N–H and O–H groups in total. The summed E-state index contributed by atoms with van der Waals surface area (Å²) in [4.78, 5) is 14.6. The van der Waals surface area contributed by atoms with Crippen LogP contribution in [0.1, 0.15) is 37.7 Å². The van der Waals surface area contributed by atoms with Gasteiger partial charge in [0.1, 0.15) is 5.75 Å². The zero-order chi connectivity index (χ0) is 15.4. The Kier molecular flexibility index (Phi) is 4.98. The van der Waals surface area contributed by atoms with Crippen LogP contribution in [0.4, 0.5) is 0 Å². The lowest BCUT2D eigenvalue weighted by Crippen LogP contribution is -2.34. The second-order valence-corrected chi connectivity index (χ2v) is 6.74. The SMILES string of the molecule is O=C(Cc1cccc(O)c1)NC[C@H]1CCN(C2CCCC2)C1. The van der Waals surface area contributed by atoms with Crippen molar-refractivity contribution in [3.8, 4) is 5.75 Å². The molecule has 0 aromatic heterocycles. The zero-order valence-corrected chi connectivity index (χ0v) is 13.1. The van der Waals surface area contributed by atoms with Gasteiger partial charge in [0.05, 0.1) is 6.42 Å². The van der Waals surface area contributed by atoms with Gasteiger partial charge in [-0.15, -0.1) is 0 Å². The van der Waals surface area contributed by atoms with Crippen molar-refractivity contribution in [1.82, 2.24) is 10.2 Å². The van der Waals surface area contributed by atoms with Gasteiger partial charge < -0.3 is 15.3 Å². The minimum Gasteiger partial charge on any atom is -0.508 e. The topological polar surface area (TPSA) is 52.6 Å². The van der Waals surface area contributed by atoms with Gasteiger partial charge in [-0.2, -0.15) is 0 Å². The molecule has 1 aliphatic carbocycles. The first kappa shape index (κ1) is 15.3. The number of rotatable bonds is 5. The van der Waals surface area contributed by atoms with Crippen LogP contribution >= 0.6 is 0 Å². The van der Waals surface area contributed by atoms with Crippen molar-refractivity contribution >= 4 is 5.91 Å². The highest BCUT2D eigenvalue weighted by molar-refractivity contribution is 5.78. The molecule has 1 aromatic rings. The molecule has 22 heavy (non-hydrogen) atoms. The average Bonchev–Trinajstić information content (AvgIpc) is 3.16. The van der Waals surface area contributed by atoms with Crippen molar-refractivity contribution in [2.45, 2.75) is 44.6 Å². The highest BCUT2D eigenvalue weighted by Crippen LogP contribution is 2.28. The van der Waals surface area contributed by atoms with Crippen LogP contribution in [0.3, 0.4) is 0 Å². The molecular weight excluding hydrogens is 276 g/mol. The summed E-state index contributed by atoms with van der Waals surface area (Å²) in [5.41, 5.74) is 0.858. The second kappa shape index (κ2) is 7.14. The van der Waals surface area contributed by atoms with Crippen LogP contribution in [-0.2, 0) is 11.2 Å². The van der Waals surface area contributed by atoms with Gasteiger partial charge in [0, 0.05) is 19.1 Å². The Morgan fingerprint density at radius 2 is 2.09 bits per heavy atom. The maximum absolute atomic E-state index is 12.0. The summed E-state index contributed by atoms with van der Waals surface area (Å²) in [5.74, 6) is 0.854. The highest BCUT2D eigenvalue weighted by atomic mass is 16.3. The molecule has 1 atom stereocenters. The standard InChI is InChI=1S/C18H26N2O2/c21-17-7-3-4-14(10-17)11-18(22)19-12-15-8-9-20(13-15)16-5-1-2-6-16/h3-4,7,10,15-16,21H,1-2,5-6,8-9,11-13H2,(H,19,22)/t15-/m1/s1. The first-order chi connectivity index (χ1) is 10.7. The Balaban J connectivity index is 1.40. The number of likely N-dealkylation sites (tertiary alicyclic amines) is 1. The van der Waals surface area contributed by atoms with Crippen LogP contribution < -0.4 is 5.32 Å². The third-order valence-electron chi connectivity index (χ3n) is 5.02. The number of carbonyl (C=O) groups excluding carboxylic acids is 1. The molecule has 0 radical (unpaired) electrons. The molecule has 120 valence electrons. The van der Waals surface area contributed by atoms with Gasteiger partial charge in [-0.05, 0) is 49.4 Å². The summed E-state index contributed by atoms with van der Waals surface area (Å²) in [6, 6.07) is 7.72. The molecule has 0 unspecified atom stereocenters. The number of carbonyl (C=O) groups is 1. The lowest BCUT2D eigenvalue weighted by molar-refractivity contribution is -0.120. The average molecular weight is 302 g/mol. The molecule has 1 amide bonds. The molecule has 1 aromatic carbocycles. The van der Waals surface area contributed by atoms with Crippen LogP contribution in [0.15, 0.2) is 24.3 Å². The summed E-state index contributed by atoms with van der Waals surface area (Å²) in [6.45, 7) is 3.11. The van der Waals surface area contributed by atoms with Crippen molar-refractivity contribution in [3.05, 3.63) is 29.8 Å². The predicted molar refractivity (Wildman–Crippen MR) is 86.8 cm³/mol. The number of hydrogen-bond donors (Lipinski definition) is 2. The fourth-order valence-electron chi connectivity index (χ4n) is 3.80. The van der Waals surface area contributed by atoms with Crippen LogP contribution in [0.5, 0.6) is 5.75 Å². The second-order valence-electron chi connectivity index (χ2n) is 6.74. The fraction of sp³-hybridized carbons (Fsp3) is 0.611. The number of nitrogens with one attached hydrogen (secondary N) is 1. The lowest BCUT2D eigenvalue weighted by atomic mass is 10.1. The molecule has 2 fully saturated rings. The van der Waals surface area contributed by atoms with Crippen molar-refractivity contribution in [3.63, 3.8) is 0 Å². The number of phenolic OH excluding ortho intramolecular Hbond substituents is 1. The normalized spacial score (nSPS) is 23.0. The van der Waals surface area contributed by atoms with E-state index in [1.165, 1.54) is 38.6 Å². The van der Waals surface area contributed by atoms with Gasteiger partial charge in [0.2, 0.25) is 5.91 Å². The minimum atomic E-state index is 0.0462. The molecular formula is C18H26N2O2. The predicted octanol–water partition coefficient (Wildman–Crippen LogP) is 2.32. The van der Waals surface area contributed by atoms with Gasteiger partial charge in [-0.1, -0.05) is 25.0 Å². The minimum absolute atomic E-state index is 0.0462. The molecule has 2 aliphatic rings. The van der Waals surface area contributed by atoms with Crippen LogP contribution in [0, 0.1) is 5.92 Å². The molecule has 1 aliphatic heterocycles. The summed E-state index contributed by atoms with van der Waals surface area (Å²) in [6.07, 6.45) is 7.02. The van der Waals surface area contributed by atoms with Crippen LogP contribution in [0.2, 0.25) is 0 Å². The van der Waals surface area contributed by atoms with Crippen molar-refractivity contribution in [2.24, 2.45) is 5.92 Å². The number of hydrogen-bond acceptors (Lipinski definition) is 3. The van der Waals surface area contributed by atoms with Gasteiger partial charge in [-0.25, -0.2) is 0 Å². The molecule has 3 rings (SSSR count). The maximum Gasteiger partial charge on any atom is 0.224 e. The van der Waals surface area contributed by atoms with Crippen LogP contribution in [0.25, 0.3) is 0 Å². The number of benzene rings is 1. The first-order valence-electron chi connectivity index (χ1n) is 8.49. The first-order valence-corrected chi connectivity index (χ1v) is 8.49. The largest absolute Gasteiger partial charge is 0.508 e. The molecule has 1 heterocycles. The van der Waals surface area contributed by atoms with E-state index in [-0.39, 0.29) is 11.7 Å². The van der Waals surface area contributed by atoms with Crippen molar-refractivity contribution in [1.29, 1.82) is 0 Å². The smallest absolute Gasteiger partial charge is 0.224 e. The summed E-state index contributed by atoms with van der Waals surface area (Å²) < 4.78 is 0. The summed E-state index contributed by atoms with van der Waals surface area (Å²) >= 11 is 0. The molecule has 4 nitrogen and oxygen atoms in total. The zero-order valence-electron chi connectivity index (χ0n) is 13.1. The molecule has 4 heteroatoms. The van der Waals surface area contributed by atoms with Gasteiger partial charge >= 0.3 is 0 Å². The van der Waals surface area contributed by atoms with E-state index in [4.69, 9.17) is 0 Å². The molecule has 1 saturated heterocycles. The van der Waals surface area contributed by atoms with Crippen molar-refractivity contribution in [2.75, 3.05) is 19.6 Å². The number of nitrogens with zero attached hydrogens (tertiary/aromatic N) is 1. The maximum atomic E-state index is 12.0. The van der Waals surface area contributed by atoms with Gasteiger partial charge in [0.15, 0.2) is 0 Å². The Morgan fingerprint density at radius 1 is 1.27 bits per heavy atom. The molecule has 0 bridgehead atoms. The van der Waals surface area contributed by atoms with E-state index in [0.29, 0.717) is 12.3 Å². The monoisotopic (exact) mass is 302 g/mol. The van der Waals surface area contributed by atoms with E-state index in [2.05, 4.69) is 10.2 Å². The lowest BCUT2D eigenvalue weighted by Gasteiger charge is -2.23.